The summed E-state index contributed by atoms with van der Waals surface area (Å²) in [5.74, 6) is -4.62. The topological polar surface area (TPSA) is 222 Å². The van der Waals surface area contributed by atoms with Crippen molar-refractivity contribution in [1.29, 1.82) is 0 Å². The Labute approximate surface area is 196 Å². The molecule has 0 aromatic carbocycles. The van der Waals surface area contributed by atoms with E-state index in [0.717, 1.165) is 0 Å². The molecule has 4 amide bonds. The van der Waals surface area contributed by atoms with Gasteiger partial charge in [0.1, 0.15) is 18.1 Å². The molecule has 0 saturated heterocycles. The number of rotatable bonds is 14. The van der Waals surface area contributed by atoms with Gasteiger partial charge in [0.2, 0.25) is 23.6 Å². The van der Waals surface area contributed by atoms with Crippen molar-refractivity contribution in [1.82, 2.24) is 25.9 Å². The summed E-state index contributed by atoms with van der Waals surface area (Å²) in [4.78, 5) is 67.3. The number of nitrogens with two attached hydrogens (primary N) is 2. The second kappa shape index (κ2) is 13.4. The molecular weight excluding hydrogens is 454 g/mol. The van der Waals surface area contributed by atoms with E-state index in [0.29, 0.717) is 12.1 Å². The number of carbonyl (C=O) groups excluding carboxylic acids is 4. The number of hydrogen-bond donors (Lipinski definition) is 8. The van der Waals surface area contributed by atoms with Gasteiger partial charge in [-0.3, -0.25) is 19.2 Å². The number of imidazole rings is 1. The lowest BCUT2D eigenvalue weighted by atomic mass is 10.0. The van der Waals surface area contributed by atoms with Crippen LogP contribution in [-0.4, -0.2) is 74.6 Å². The SMILES string of the molecule is CC(C)CC(N)C(=O)NC(Cc1cnc[nH]1)C(=O)NC(CC(N)=O)C(=O)NC(CS)C(=O)O. The van der Waals surface area contributed by atoms with Gasteiger partial charge >= 0.3 is 5.97 Å². The predicted octanol–water partition coefficient (Wildman–Crippen LogP) is -2.33. The first-order valence-corrected chi connectivity index (χ1v) is 10.8. The molecule has 0 aliphatic heterocycles. The summed E-state index contributed by atoms with van der Waals surface area (Å²) in [6, 6.07) is -4.84. The summed E-state index contributed by atoms with van der Waals surface area (Å²) in [7, 11) is 0. The third-order valence-electron chi connectivity index (χ3n) is 4.51. The molecule has 0 aliphatic rings. The van der Waals surface area contributed by atoms with E-state index in [4.69, 9.17) is 16.6 Å². The summed E-state index contributed by atoms with van der Waals surface area (Å²) in [6.45, 7) is 3.79. The third-order valence-corrected chi connectivity index (χ3v) is 4.87. The number of aromatic amines is 1. The van der Waals surface area contributed by atoms with Gasteiger partial charge in [-0.1, -0.05) is 13.8 Å². The molecule has 0 fully saturated rings. The second-order valence-corrected chi connectivity index (χ2v) is 8.26. The van der Waals surface area contributed by atoms with Gasteiger partial charge in [0.25, 0.3) is 0 Å². The Hall–Kier alpha value is -3.13. The van der Waals surface area contributed by atoms with Gasteiger partial charge in [0, 0.05) is 24.1 Å². The van der Waals surface area contributed by atoms with E-state index in [2.05, 4.69) is 38.5 Å². The van der Waals surface area contributed by atoms with Crippen LogP contribution in [0.4, 0.5) is 0 Å². The molecule has 9 N–H and O–H groups in total. The van der Waals surface area contributed by atoms with Crippen molar-refractivity contribution in [2.45, 2.75) is 57.3 Å². The van der Waals surface area contributed by atoms with Gasteiger partial charge in [-0.25, -0.2) is 9.78 Å². The first kappa shape index (κ1) is 27.9. The van der Waals surface area contributed by atoms with Crippen molar-refractivity contribution >= 4 is 42.2 Å². The zero-order valence-electron chi connectivity index (χ0n) is 18.4. The number of aliphatic carboxylic acids is 1. The number of aromatic nitrogens is 2. The lowest BCUT2D eigenvalue weighted by Gasteiger charge is -2.24. The Balaban J connectivity index is 3.03. The third kappa shape index (κ3) is 9.91. The maximum absolute atomic E-state index is 13.0. The molecule has 1 aromatic rings. The molecule has 0 saturated carbocycles. The van der Waals surface area contributed by atoms with E-state index < -0.39 is 60.2 Å². The number of amides is 4. The Morgan fingerprint density at radius 2 is 1.64 bits per heavy atom. The van der Waals surface area contributed by atoms with Crippen LogP contribution >= 0.6 is 12.6 Å². The van der Waals surface area contributed by atoms with E-state index in [-0.39, 0.29) is 18.1 Å². The molecule has 1 heterocycles. The van der Waals surface area contributed by atoms with E-state index in [9.17, 15) is 24.0 Å². The lowest BCUT2D eigenvalue weighted by Crippen LogP contribution is -2.58. The zero-order chi connectivity index (χ0) is 25.1. The molecule has 13 nitrogen and oxygen atoms in total. The van der Waals surface area contributed by atoms with Gasteiger partial charge in [0.15, 0.2) is 0 Å². The standard InChI is InChI=1S/C19H31N7O6S/c1-9(2)3-11(20)16(28)24-12(4-10-6-22-8-23-10)17(29)25-13(5-15(21)27)18(30)26-14(7-33)19(31)32/h6,8-9,11-14,33H,3-5,7,20H2,1-2H3,(H2,21,27)(H,22,23)(H,24,28)(H,25,29)(H,26,30)(H,31,32). The number of thiol groups is 1. The van der Waals surface area contributed by atoms with E-state index in [1.165, 1.54) is 12.5 Å². The minimum Gasteiger partial charge on any atom is -0.480 e. The Morgan fingerprint density at radius 3 is 2.12 bits per heavy atom. The highest BCUT2D eigenvalue weighted by molar-refractivity contribution is 7.80. The number of hydrogen-bond acceptors (Lipinski definition) is 8. The Kier molecular flexibility index (Phi) is 11.4. The van der Waals surface area contributed by atoms with Crippen LogP contribution in [-0.2, 0) is 30.4 Å². The molecule has 0 spiro atoms. The highest BCUT2D eigenvalue weighted by Crippen LogP contribution is 2.06. The van der Waals surface area contributed by atoms with Crippen LogP contribution in [0.1, 0.15) is 32.4 Å². The molecule has 33 heavy (non-hydrogen) atoms. The monoisotopic (exact) mass is 485 g/mol. The second-order valence-electron chi connectivity index (χ2n) is 7.89. The van der Waals surface area contributed by atoms with Gasteiger partial charge in [-0.05, 0) is 12.3 Å². The van der Waals surface area contributed by atoms with Crippen molar-refractivity contribution in [2.75, 3.05) is 5.75 Å². The summed E-state index contributed by atoms with van der Waals surface area (Å²) in [5.41, 5.74) is 11.6. The first-order chi connectivity index (χ1) is 15.4. The molecule has 1 rings (SSSR count). The number of H-pyrrole nitrogens is 1. The van der Waals surface area contributed by atoms with Crippen LogP contribution in [0.3, 0.4) is 0 Å². The largest absolute Gasteiger partial charge is 0.480 e. The Bertz CT molecular complexity index is 833. The van der Waals surface area contributed by atoms with Crippen LogP contribution in [0, 0.1) is 5.92 Å². The minimum atomic E-state index is -1.47. The summed E-state index contributed by atoms with van der Waals surface area (Å²) in [5, 5.41) is 16.2. The average molecular weight is 486 g/mol. The number of primary amides is 1. The van der Waals surface area contributed by atoms with Crippen LogP contribution in [0.25, 0.3) is 0 Å². The molecule has 1 aromatic heterocycles. The fourth-order valence-corrected chi connectivity index (χ4v) is 3.11. The highest BCUT2D eigenvalue weighted by Gasteiger charge is 2.31. The van der Waals surface area contributed by atoms with Crippen molar-refractivity contribution in [2.24, 2.45) is 17.4 Å². The zero-order valence-corrected chi connectivity index (χ0v) is 19.3. The van der Waals surface area contributed by atoms with Gasteiger partial charge in [-0.2, -0.15) is 12.6 Å². The summed E-state index contributed by atoms with van der Waals surface area (Å²) < 4.78 is 0. The van der Waals surface area contributed by atoms with E-state index in [1.54, 1.807) is 0 Å². The molecule has 0 radical (unpaired) electrons. The van der Waals surface area contributed by atoms with Crippen LogP contribution < -0.4 is 27.4 Å². The minimum absolute atomic E-state index is 0.00866. The fourth-order valence-electron chi connectivity index (χ4n) is 2.86. The first-order valence-electron chi connectivity index (χ1n) is 10.2. The molecular formula is C19H31N7O6S. The normalized spacial score (nSPS) is 14.6. The molecule has 184 valence electrons. The highest BCUT2D eigenvalue weighted by atomic mass is 32.1. The smallest absolute Gasteiger partial charge is 0.327 e. The fraction of sp³-hybridized carbons (Fsp3) is 0.579. The molecule has 14 heteroatoms. The maximum atomic E-state index is 13.0. The maximum Gasteiger partial charge on any atom is 0.327 e. The Morgan fingerprint density at radius 1 is 1.06 bits per heavy atom. The molecule has 4 unspecified atom stereocenters. The number of nitrogens with zero attached hydrogens (tertiary/aromatic N) is 1. The van der Waals surface area contributed by atoms with E-state index in [1.807, 2.05) is 13.8 Å². The molecule has 4 atom stereocenters. The average Bonchev–Trinajstić information content (AvgIpc) is 3.22. The van der Waals surface area contributed by atoms with E-state index >= 15 is 0 Å². The number of carboxylic acid groups (broad SMARTS) is 1. The van der Waals surface area contributed by atoms with Gasteiger partial charge in [-0.15, -0.1) is 0 Å². The van der Waals surface area contributed by atoms with Gasteiger partial charge < -0.3 is 37.5 Å². The molecule has 0 bridgehead atoms. The lowest BCUT2D eigenvalue weighted by molar-refractivity contribution is -0.141. The number of nitrogens with one attached hydrogen (secondary N) is 4. The molecule has 0 aliphatic carbocycles. The van der Waals surface area contributed by atoms with Crippen LogP contribution in [0.2, 0.25) is 0 Å². The van der Waals surface area contributed by atoms with Crippen molar-refractivity contribution in [3.8, 4) is 0 Å². The van der Waals surface area contributed by atoms with Crippen LogP contribution in [0.5, 0.6) is 0 Å². The van der Waals surface area contributed by atoms with Crippen molar-refractivity contribution < 1.29 is 29.1 Å². The quantitative estimate of drug-likeness (QED) is 0.133. The van der Waals surface area contributed by atoms with Crippen molar-refractivity contribution in [3.05, 3.63) is 18.2 Å². The van der Waals surface area contributed by atoms with Crippen molar-refractivity contribution in [3.63, 3.8) is 0 Å². The van der Waals surface area contributed by atoms with Gasteiger partial charge in [0.05, 0.1) is 18.8 Å². The predicted molar refractivity (Wildman–Crippen MR) is 121 cm³/mol. The summed E-state index contributed by atoms with van der Waals surface area (Å²) in [6.07, 6.45) is 2.64. The summed E-state index contributed by atoms with van der Waals surface area (Å²) >= 11 is 3.86. The number of carbonyl (C=O) groups is 5. The van der Waals surface area contributed by atoms with Crippen LogP contribution in [0.15, 0.2) is 12.5 Å². The number of carboxylic acids is 1.